The summed E-state index contributed by atoms with van der Waals surface area (Å²) < 4.78 is 46.7. The molecule has 9 heteroatoms. The number of hydrogen-bond acceptors (Lipinski definition) is 4. The van der Waals surface area contributed by atoms with E-state index in [1.807, 2.05) is 31.2 Å². The van der Waals surface area contributed by atoms with Crippen molar-refractivity contribution in [1.82, 2.24) is 19.5 Å². The molecule has 1 aliphatic rings. The summed E-state index contributed by atoms with van der Waals surface area (Å²) in [6.07, 6.45) is -2.01. The SMILES string of the molecule is Cc1c(C(=O)N2CCC[C@H](c3nnc4ccc(C(F)(F)F)cn34)C2)oc2ccccc12. The van der Waals surface area contributed by atoms with Crippen molar-refractivity contribution in [3.05, 3.63) is 65.3 Å². The molecule has 0 radical (unpaired) electrons. The molecule has 0 saturated carbocycles. The minimum Gasteiger partial charge on any atom is -0.451 e. The van der Waals surface area contributed by atoms with Gasteiger partial charge in [-0.2, -0.15) is 13.2 Å². The smallest absolute Gasteiger partial charge is 0.417 e. The predicted octanol–water partition coefficient (Wildman–Crippen LogP) is 4.82. The Morgan fingerprint density at radius 3 is 2.74 bits per heavy atom. The van der Waals surface area contributed by atoms with Crippen LogP contribution in [0.15, 0.2) is 47.0 Å². The van der Waals surface area contributed by atoms with Gasteiger partial charge in [-0.05, 0) is 38.0 Å². The van der Waals surface area contributed by atoms with Crippen molar-refractivity contribution in [3.8, 4) is 0 Å². The predicted molar refractivity (Wildman–Crippen MR) is 107 cm³/mol. The minimum absolute atomic E-state index is 0.219. The Morgan fingerprint density at radius 1 is 1.16 bits per heavy atom. The second-order valence-corrected chi connectivity index (χ2v) is 7.84. The molecule has 160 valence electrons. The van der Waals surface area contributed by atoms with E-state index < -0.39 is 11.7 Å². The molecule has 1 fully saturated rings. The van der Waals surface area contributed by atoms with Gasteiger partial charge in [0.1, 0.15) is 11.4 Å². The molecule has 4 aromatic rings. The number of pyridine rings is 1. The zero-order chi connectivity index (χ0) is 21.8. The van der Waals surface area contributed by atoms with Gasteiger partial charge in [-0.25, -0.2) is 0 Å². The lowest BCUT2D eigenvalue weighted by atomic mass is 9.96. The van der Waals surface area contributed by atoms with Crippen LogP contribution in [-0.4, -0.2) is 38.5 Å². The third kappa shape index (κ3) is 3.34. The molecule has 0 unspecified atom stereocenters. The minimum atomic E-state index is -4.46. The first-order chi connectivity index (χ1) is 14.8. The molecule has 4 heterocycles. The number of furan rings is 1. The number of fused-ring (bicyclic) bond motifs is 2. The molecule has 1 amide bonds. The molecule has 0 aliphatic carbocycles. The van der Waals surface area contributed by atoms with E-state index in [4.69, 9.17) is 4.42 Å². The standard InChI is InChI=1S/C22H19F3N4O2/c1-13-16-6-2-3-7-17(16)31-19(13)21(30)28-10-4-5-14(11-28)20-27-26-18-9-8-15(12-29(18)20)22(23,24)25/h2-3,6-9,12,14H,4-5,10-11H2,1H3/t14-/m0/s1. The Bertz CT molecular complexity index is 1290. The Hall–Kier alpha value is -3.36. The molecular formula is C22H19F3N4O2. The molecule has 6 nitrogen and oxygen atoms in total. The summed E-state index contributed by atoms with van der Waals surface area (Å²) in [5.74, 6) is 0.288. The summed E-state index contributed by atoms with van der Waals surface area (Å²) in [7, 11) is 0. The average Bonchev–Trinajstić information content (AvgIpc) is 3.34. The lowest BCUT2D eigenvalue weighted by molar-refractivity contribution is -0.137. The van der Waals surface area contributed by atoms with Gasteiger partial charge >= 0.3 is 6.18 Å². The van der Waals surface area contributed by atoms with Crippen molar-refractivity contribution in [3.63, 3.8) is 0 Å². The van der Waals surface area contributed by atoms with Gasteiger partial charge in [-0.15, -0.1) is 10.2 Å². The molecular weight excluding hydrogens is 409 g/mol. The van der Waals surface area contributed by atoms with Crippen LogP contribution in [0.5, 0.6) is 0 Å². The fourth-order valence-electron chi connectivity index (χ4n) is 4.25. The number of likely N-dealkylation sites (tertiary alicyclic amines) is 1. The summed E-state index contributed by atoms with van der Waals surface area (Å²) in [5, 5.41) is 9.05. The van der Waals surface area contributed by atoms with Crippen molar-refractivity contribution in [1.29, 1.82) is 0 Å². The van der Waals surface area contributed by atoms with Crippen molar-refractivity contribution in [2.75, 3.05) is 13.1 Å². The van der Waals surface area contributed by atoms with Crippen LogP contribution in [0.4, 0.5) is 13.2 Å². The fourth-order valence-corrected chi connectivity index (χ4v) is 4.25. The van der Waals surface area contributed by atoms with Crippen LogP contribution in [0.1, 0.15) is 46.3 Å². The molecule has 1 atom stereocenters. The van der Waals surface area contributed by atoms with Crippen molar-refractivity contribution < 1.29 is 22.4 Å². The normalized spacial score (nSPS) is 17.5. The van der Waals surface area contributed by atoms with Crippen molar-refractivity contribution in [2.24, 2.45) is 0 Å². The van der Waals surface area contributed by atoms with Crippen LogP contribution in [0.25, 0.3) is 16.6 Å². The van der Waals surface area contributed by atoms with E-state index in [1.165, 1.54) is 10.5 Å². The number of benzene rings is 1. The number of amides is 1. The molecule has 1 aliphatic heterocycles. The number of carbonyl (C=O) groups excluding carboxylic acids is 1. The first-order valence-corrected chi connectivity index (χ1v) is 10.0. The number of halogens is 3. The third-order valence-electron chi connectivity index (χ3n) is 5.87. The highest BCUT2D eigenvalue weighted by atomic mass is 19.4. The van der Waals surface area contributed by atoms with Gasteiger partial charge < -0.3 is 9.32 Å². The number of para-hydroxylation sites is 1. The number of hydrogen-bond donors (Lipinski definition) is 0. The lowest BCUT2D eigenvalue weighted by Crippen LogP contribution is -2.39. The van der Waals surface area contributed by atoms with Crippen LogP contribution in [-0.2, 0) is 6.18 Å². The lowest BCUT2D eigenvalue weighted by Gasteiger charge is -2.31. The summed E-state index contributed by atoms with van der Waals surface area (Å²) in [6.45, 7) is 2.74. The molecule has 0 spiro atoms. The Labute approximate surface area is 175 Å². The first kappa shape index (κ1) is 19.6. The van der Waals surface area contributed by atoms with Crippen LogP contribution in [0.2, 0.25) is 0 Å². The summed E-state index contributed by atoms with van der Waals surface area (Å²) in [6, 6.07) is 9.77. The summed E-state index contributed by atoms with van der Waals surface area (Å²) in [5.41, 5.74) is 1.02. The highest BCUT2D eigenvalue weighted by Crippen LogP contribution is 2.32. The van der Waals surface area contributed by atoms with Crippen molar-refractivity contribution >= 4 is 22.5 Å². The maximum Gasteiger partial charge on any atom is 0.417 e. The van der Waals surface area contributed by atoms with Crippen LogP contribution in [0.3, 0.4) is 0 Å². The zero-order valence-corrected chi connectivity index (χ0v) is 16.7. The highest BCUT2D eigenvalue weighted by molar-refractivity contribution is 5.99. The van der Waals surface area contributed by atoms with Gasteiger partial charge in [0.2, 0.25) is 0 Å². The summed E-state index contributed by atoms with van der Waals surface area (Å²) >= 11 is 0. The van der Waals surface area contributed by atoms with Gasteiger partial charge in [0.05, 0.1) is 5.56 Å². The van der Waals surface area contributed by atoms with Crippen LogP contribution >= 0.6 is 0 Å². The van der Waals surface area contributed by atoms with Gasteiger partial charge in [0.15, 0.2) is 11.4 Å². The first-order valence-electron chi connectivity index (χ1n) is 10.0. The topological polar surface area (TPSA) is 63.6 Å². The largest absolute Gasteiger partial charge is 0.451 e. The number of rotatable bonds is 2. The van der Waals surface area contributed by atoms with Gasteiger partial charge in [0, 0.05) is 36.2 Å². The van der Waals surface area contributed by atoms with E-state index in [1.54, 1.807) is 4.90 Å². The molecule has 1 aromatic carbocycles. The number of carbonyl (C=O) groups is 1. The molecule has 0 N–H and O–H groups in total. The Kier molecular flexibility index (Phi) is 4.49. The molecule has 3 aromatic heterocycles. The third-order valence-corrected chi connectivity index (χ3v) is 5.87. The van der Waals surface area contributed by atoms with E-state index in [0.717, 1.165) is 23.2 Å². The zero-order valence-electron chi connectivity index (χ0n) is 16.7. The van der Waals surface area contributed by atoms with E-state index in [-0.39, 0.29) is 11.8 Å². The van der Waals surface area contributed by atoms with E-state index in [2.05, 4.69) is 10.2 Å². The van der Waals surface area contributed by atoms with Crippen LogP contribution < -0.4 is 0 Å². The Morgan fingerprint density at radius 2 is 1.97 bits per heavy atom. The quantitative estimate of drug-likeness (QED) is 0.459. The van der Waals surface area contributed by atoms with E-state index in [0.29, 0.717) is 48.7 Å². The maximum atomic E-state index is 13.2. The van der Waals surface area contributed by atoms with Gasteiger partial charge in [-0.3, -0.25) is 9.20 Å². The maximum absolute atomic E-state index is 13.2. The Balaban J connectivity index is 1.45. The highest BCUT2D eigenvalue weighted by Gasteiger charge is 2.33. The van der Waals surface area contributed by atoms with E-state index in [9.17, 15) is 18.0 Å². The number of aryl methyl sites for hydroxylation is 1. The fraction of sp³-hybridized carbons (Fsp3) is 0.318. The number of aromatic nitrogens is 3. The molecule has 5 rings (SSSR count). The van der Waals surface area contributed by atoms with Crippen molar-refractivity contribution in [2.45, 2.75) is 31.9 Å². The number of piperidine rings is 1. The molecule has 0 bridgehead atoms. The van der Waals surface area contributed by atoms with E-state index >= 15 is 0 Å². The number of nitrogens with zero attached hydrogens (tertiary/aromatic N) is 4. The van der Waals surface area contributed by atoms with Crippen LogP contribution in [0, 0.1) is 6.92 Å². The monoisotopic (exact) mass is 428 g/mol. The molecule has 31 heavy (non-hydrogen) atoms. The number of alkyl halides is 3. The van der Waals surface area contributed by atoms with Gasteiger partial charge in [-0.1, -0.05) is 18.2 Å². The molecule has 1 saturated heterocycles. The summed E-state index contributed by atoms with van der Waals surface area (Å²) in [4.78, 5) is 14.9. The average molecular weight is 428 g/mol. The second kappa shape index (κ2) is 7.11. The van der Waals surface area contributed by atoms with Gasteiger partial charge in [0.25, 0.3) is 5.91 Å². The second-order valence-electron chi connectivity index (χ2n) is 7.84.